The van der Waals surface area contributed by atoms with Crippen LogP contribution in [0.4, 0.5) is 0 Å². The molecule has 2 nitrogen and oxygen atoms in total. The second kappa shape index (κ2) is 3.98. The first kappa shape index (κ1) is 4.98. The van der Waals surface area contributed by atoms with Crippen LogP contribution in [0.2, 0.25) is 0 Å². The molecule has 0 fully saturated rings. The largest absolute Gasteiger partial charge is 0.427 e. The molecule has 2 radical (unpaired) electrons. The summed E-state index contributed by atoms with van der Waals surface area (Å²) in [5.74, 6) is 0. The molecular formula is C2H5BO2. The van der Waals surface area contributed by atoms with Gasteiger partial charge in [0, 0.05) is 7.11 Å². The molecule has 0 saturated heterocycles. The fourth-order valence-corrected chi connectivity index (χ4v) is 0.0680. The maximum Gasteiger partial charge on any atom is 0.285 e. The average Bonchev–Trinajstić information content (AvgIpc) is 1.41. The molecule has 0 aromatic rings. The first-order valence-electron chi connectivity index (χ1n) is 1.22. The van der Waals surface area contributed by atoms with Crippen molar-refractivity contribution in [2.45, 2.75) is 0 Å². The van der Waals surface area contributed by atoms with Gasteiger partial charge in [0.25, 0.3) is 8.05 Å². The zero-order valence-electron chi connectivity index (χ0n) is 3.10. The van der Waals surface area contributed by atoms with Crippen molar-refractivity contribution in [2.24, 2.45) is 0 Å². The molecule has 0 rings (SSSR count). The van der Waals surface area contributed by atoms with E-state index in [1.807, 2.05) is 0 Å². The maximum absolute atomic E-state index is 4.51. The lowest BCUT2D eigenvalue weighted by atomic mass is 10.6. The fraction of sp³-hybridized carbons (Fsp3) is 1.00. The summed E-state index contributed by atoms with van der Waals surface area (Å²) in [6.45, 7) is 0.167. The van der Waals surface area contributed by atoms with E-state index >= 15 is 0 Å². The summed E-state index contributed by atoms with van der Waals surface area (Å²) in [6, 6.07) is 0. The number of ether oxygens (including phenoxy) is 1. The normalized spacial score (nSPS) is 8.20. The van der Waals surface area contributed by atoms with Crippen molar-refractivity contribution in [1.29, 1.82) is 0 Å². The molecule has 0 spiro atoms. The highest BCUT2D eigenvalue weighted by molar-refractivity contribution is 5.97. The lowest BCUT2D eigenvalue weighted by molar-refractivity contribution is 0.0579. The van der Waals surface area contributed by atoms with Crippen molar-refractivity contribution in [3.05, 3.63) is 0 Å². The molecule has 0 bridgehead atoms. The second-order valence-electron chi connectivity index (χ2n) is 0.573. The van der Waals surface area contributed by atoms with Crippen LogP contribution >= 0.6 is 0 Å². The van der Waals surface area contributed by atoms with Crippen molar-refractivity contribution < 1.29 is 9.39 Å². The van der Waals surface area contributed by atoms with Crippen LogP contribution in [-0.2, 0) is 9.39 Å². The second-order valence-corrected chi connectivity index (χ2v) is 0.573. The van der Waals surface area contributed by atoms with E-state index in [1.165, 1.54) is 7.11 Å². The third-order valence-corrected chi connectivity index (χ3v) is 0.186. The predicted octanol–water partition coefficient (Wildman–Crippen LogP) is -0.310. The zero-order chi connectivity index (χ0) is 4.12. The highest BCUT2D eigenvalue weighted by Crippen LogP contribution is 1.59. The Hall–Kier alpha value is -0.0151. The van der Waals surface area contributed by atoms with Crippen LogP contribution in [0.1, 0.15) is 0 Å². The van der Waals surface area contributed by atoms with Crippen molar-refractivity contribution in [3.8, 4) is 0 Å². The van der Waals surface area contributed by atoms with Gasteiger partial charge >= 0.3 is 0 Å². The molecule has 0 amide bonds. The van der Waals surface area contributed by atoms with Crippen LogP contribution in [0.3, 0.4) is 0 Å². The molecular weight excluding hydrogens is 66.8 g/mol. The number of hydrogen-bond acceptors (Lipinski definition) is 2. The van der Waals surface area contributed by atoms with Gasteiger partial charge in [0.1, 0.15) is 6.79 Å². The van der Waals surface area contributed by atoms with E-state index in [-0.39, 0.29) is 6.79 Å². The molecule has 5 heavy (non-hydrogen) atoms. The molecule has 0 saturated carbocycles. The molecule has 0 aromatic carbocycles. The first-order valence-corrected chi connectivity index (χ1v) is 1.22. The Morgan fingerprint density at radius 1 is 1.80 bits per heavy atom. The maximum atomic E-state index is 4.51. The lowest BCUT2D eigenvalue weighted by Crippen LogP contribution is -1.89. The van der Waals surface area contributed by atoms with Crippen LogP contribution in [-0.4, -0.2) is 22.0 Å². The minimum atomic E-state index is 0.167. The summed E-state index contributed by atoms with van der Waals surface area (Å²) >= 11 is 0. The van der Waals surface area contributed by atoms with Gasteiger partial charge < -0.3 is 9.39 Å². The zero-order valence-corrected chi connectivity index (χ0v) is 3.10. The predicted molar refractivity (Wildman–Crippen MR) is 18.7 cm³/mol. The molecule has 0 aliphatic carbocycles. The fourth-order valence-electron chi connectivity index (χ4n) is 0.0680. The van der Waals surface area contributed by atoms with Gasteiger partial charge in [0.2, 0.25) is 0 Å². The Labute approximate surface area is 32.5 Å². The molecule has 0 heterocycles. The summed E-state index contributed by atoms with van der Waals surface area (Å²) in [7, 11) is 6.02. The Balaban J connectivity index is 2.19. The first-order chi connectivity index (χ1) is 2.41. The molecule has 28 valence electrons. The lowest BCUT2D eigenvalue weighted by Gasteiger charge is -1.88. The molecule has 0 aliphatic rings. The van der Waals surface area contributed by atoms with Crippen molar-refractivity contribution in [2.75, 3.05) is 13.9 Å². The summed E-state index contributed by atoms with van der Waals surface area (Å²) < 4.78 is 8.31. The highest BCUT2D eigenvalue weighted by Gasteiger charge is 1.63. The topological polar surface area (TPSA) is 18.5 Å². The van der Waals surface area contributed by atoms with Crippen LogP contribution in [0, 0.1) is 0 Å². The quantitative estimate of drug-likeness (QED) is 0.329. The Kier molecular flexibility index (Phi) is 3.97. The summed E-state index contributed by atoms with van der Waals surface area (Å²) in [5, 5.41) is 0. The van der Waals surface area contributed by atoms with E-state index in [0.717, 1.165) is 0 Å². The Bertz CT molecular complexity index is 15.1. The van der Waals surface area contributed by atoms with E-state index in [2.05, 4.69) is 17.4 Å². The average molecular weight is 71.9 g/mol. The summed E-state index contributed by atoms with van der Waals surface area (Å²) in [6.07, 6.45) is 0. The van der Waals surface area contributed by atoms with Crippen LogP contribution in [0.25, 0.3) is 0 Å². The van der Waals surface area contributed by atoms with Crippen molar-refractivity contribution in [1.82, 2.24) is 0 Å². The van der Waals surface area contributed by atoms with E-state index in [1.54, 1.807) is 0 Å². The Morgan fingerprint density at radius 2 is 2.40 bits per heavy atom. The van der Waals surface area contributed by atoms with Gasteiger partial charge in [-0.25, -0.2) is 0 Å². The van der Waals surface area contributed by atoms with Gasteiger partial charge in [-0.15, -0.1) is 0 Å². The van der Waals surface area contributed by atoms with Gasteiger partial charge in [0.05, 0.1) is 0 Å². The number of methoxy groups -OCH3 is 1. The summed E-state index contributed by atoms with van der Waals surface area (Å²) in [4.78, 5) is 0. The van der Waals surface area contributed by atoms with Gasteiger partial charge in [-0.3, -0.25) is 0 Å². The number of hydrogen-bond donors (Lipinski definition) is 0. The molecule has 3 heteroatoms. The van der Waals surface area contributed by atoms with Gasteiger partial charge in [-0.2, -0.15) is 0 Å². The molecule has 0 N–H and O–H groups in total. The van der Waals surface area contributed by atoms with E-state index in [0.29, 0.717) is 0 Å². The highest BCUT2D eigenvalue weighted by atomic mass is 16.6. The van der Waals surface area contributed by atoms with E-state index in [9.17, 15) is 0 Å². The standard InChI is InChI=1S/C2H5BO2/c1-4-2-5-3/h2H2,1H3. The monoisotopic (exact) mass is 72.0 g/mol. The van der Waals surface area contributed by atoms with Crippen LogP contribution < -0.4 is 0 Å². The minimum Gasteiger partial charge on any atom is -0.427 e. The third kappa shape index (κ3) is 3.98. The van der Waals surface area contributed by atoms with Gasteiger partial charge in [-0.05, 0) is 0 Å². The number of rotatable bonds is 2. The van der Waals surface area contributed by atoms with Crippen molar-refractivity contribution in [3.63, 3.8) is 0 Å². The third-order valence-electron chi connectivity index (χ3n) is 0.186. The van der Waals surface area contributed by atoms with E-state index < -0.39 is 0 Å². The molecule has 0 atom stereocenters. The molecule has 0 aliphatic heterocycles. The van der Waals surface area contributed by atoms with Crippen molar-refractivity contribution >= 4 is 8.05 Å². The smallest absolute Gasteiger partial charge is 0.285 e. The van der Waals surface area contributed by atoms with E-state index in [4.69, 9.17) is 0 Å². The van der Waals surface area contributed by atoms with Gasteiger partial charge in [0.15, 0.2) is 0 Å². The molecule has 0 unspecified atom stereocenters. The molecule has 0 aromatic heterocycles. The summed E-state index contributed by atoms with van der Waals surface area (Å²) in [5.41, 5.74) is 0. The Morgan fingerprint density at radius 3 is 2.40 bits per heavy atom. The van der Waals surface area contributed by atoms with Crippen LogP contribution in [0.5, 0.6) is 0 Å². The van der Waals surface area contributed by atoms with Crippen LogP contribution in [0.15, 0.2) is 0 Å². The SMILES string of the molecule is [B]OCOC. The van der Waals surface area contributed by atoms with Gasteiger partial charge in [-0.1, -0.05) is 0 Å². The minimum absolute atomic E-state index is 0.167.